The Kier molecular flexibility index (Phi) is 5.19. The predicted molar refractivity (Wildman–Crippen MR) is 112 cm³/mol. The number of rotatable bonds is 6. The van der Waals surface area contributed by atoms with Crippen LogP contribution in [-0.4, -0.2) is 44.7 Å². The minimum absolute atomic E-state index is 0.0236. The molecule has 0 aliphatic carbocycles. The highest BCUT2D eigenvalue weighted by molar-refractivity contribution is 7.99. The second-order valence-electron chi connectivity index (χ2n) is 7.30. The number of nitrogens with zero attached hydrogens (tertiary/aromatic N) is 5. The van der Waals surface area contributed by atoms with Crippen LogP contribution in [0.2, 0.25) is 0 Å². The number of carbonyl (C=O) groups is 2. The van der Waals surface area contributed by atoms with E-state index in [-0.39, 0.29) is 17.4 Å². The van der Waals surface area contributed by atoms with Crippen molar-refractivity contribution in [3.05, 3.63) is 59.2 Å². The molecule has 148 valence electrons. The molecule has 0 unspecified atom stereocenters. The molecular weight excluding hydrogens is 386 g/mol. The number of hydrogen-bond donors (Lipinski definition) is 0. The number of thioether (sulfide) groups is 1. The van der Waals surface area contributed by atoms with Gasteiger partial charge in [-0.05, 0) is 57.8 Å². The van der Waals surface area contributed by atoms with E-state index in [1.165, 1.54) is 17.3 Å². The van der Waals surface area contributed by atoms with Crippen molar-refractivity contribution in [1.82, 2.24) is 20.2 Å². The van der Waals surface area contributed by atoms with E-state index < -0.39 is 0 Å². The van der Waals surface area contributed by atoms with Gasteiger partial charge in [-0.15, -0.1) is 5.10 Å². The summed E-state index contributed by atoms with van der Waals surface area (Å²) >= 11 is 1.30. The van der Waals surface area contributed by atoms with Gasteiger partial charge in [0.25, 0.3) is 0 Å². The number of Topliss-reactive ketones (excluding diaryl/α,β-unsaturated/α-hetero) is 1. The SMILES string of the molecule is CC(C)c1ccc(-n2nnnc2SCC(=O)c2ccc3c(c2)CC(=O)N3C)cc1. The Morgan fingerprint density at radius 1 is 1.17 bits per heavy atom. The molecule has 29 heavy (non-hydrogen) atoms. The van der Waals surface area contributed by atoms with Gasteiger partial charge in [-0.1, -0.05) is 37.7 Å². The highest BCUT2D eigenvalue weighted by Gasteiger charge is 2.25. The second kappa shape index (κ2) is 7.79. The number of fused-ring (bicyclic) bond motifs is 1. The van der Waals surface area contributed by atoms with Crippen LogP contribution in [0.15, 0.2) is 47.6 Å². The standard InChI is InChI=1S/C21H21N5O2S/c1-13(2)14-4-7-17(8-5-14)26-21(22-23-24-26)29-12-19(27)15-6-9-18-16(10-15)11-20(28)25(18)3/h4-10,13H,11-12H2,1-3H3. The minimum Gasteiger partial charge on any atom is -0.315 e. The lowest BCUT2D eigenvalue weighted by molar-refractivity contribution is -0.117. The largest absolute Gasteiger partial charge is 0.315 e. The molecule has 0 spiro atoms. The number of ketones is 1. The minimum atomic E-state index is -0.0236. The zero-order valence-corrected chi connectivity index (χ0v) is 17.3. The van der Waals surface area contributed by atoms with E-state index in [9.17, 15) is 9.59 Å². The van der Waals surface area contributed by atoms with Crippen molar-refractivity contribution in [1.29, 1.82) is 0 Å². The molecule has 1 aromatic heterocycles. The molecule has 3 aromatic rings. The average Bonchev–Trinajstić information content (AvgIpc) is 3.30. The molecule has 4 rings (SSSR count). The molecule has 0 saturated heterocycles. The molecule has 0 atom stereocenters. The third kappa shape index (κ3) is 3.80. The first-order chi connectivity index (χ1) is 13.9. The van der Waals surface area contributed by atoms with Crippen molar-refractivity contribution in [2.24, 2.45) is 0 Å². The summed E-state index contributed by atoms with van der Waals surface area (Å²) in [5.41, 5.74) is 4.46. The Morgan fingerprint density at radius 3 is 2.66 bits per heavy atom. The molecule has 7 nitrogen and oxygen atoms in total. The maximum Gasteiger partial charge on any atom is 0.231 e. The summed E-state index contributed by atoms with van der Waals surface area (Å²) in [4.78, 5) is 26.1. The molecule has 0 N–H and O–H groups in total. The summed E-state index contributed by atoms with van der Waals surface area (Å²) in [6.45, 7) is 4.29. The fourth-order valence-corrected chi connectivity index (χ4v) is 4.07. The van der Waals surface area contributed by atoms with Gasteiger partial charge in [0.1, 0.15) is 0 Å². The van der Waals surface area contributed by atoms with Gasteiger partial charge in [-0.25, -0.2) is 0 Å². The van der Waals surface area contributed by atoms with Crippen LogP contribution in [0, 0.1) is 0 Å². The van der Waals surface area contributed by atoms with Gasteiger partial charge in [0.15, 0.2) is 5.78 Å². The van der Waals surface area contributed by atoms with Crippen LogP contribution in [0.1, 0.15) is 41.3 Å². The van der Waals surface area contributed by atoms with E-state index in [4.69, 9.17) is 0 Å². The van der Waals surface area contributed by atoms with E-state index in [1.807, 2.05) is 24.3 Å². The van der Waals surface area contributed by atoms with Crippen LogP contribution in [0.4, 0.5) is 5.69 Å². The van der Waals surface area contributed by atoms with Gasteiger partial charge in [0.2, 0.25) is 11.1 Å². The van der Waals surface area contributed by atoms with Crippen LogP contribution in [0.3, 0.4) is 0 Å². The van der Waals surface area contributed by atoms with Crippen molar-refractivity contribution in [3.63, 3.8) is 0 Å². The van der Waals surface area contributed by atoms with E-state index >= 15 is 0 Å². The smallest absolute Gasteiger partial charge is 0.231 e. The Hall–Kier alpha value is -3.00. The summed E-state index contributed by atoms with van der Waals surface area (Å²) in [5, 5.41) is 12.4. The van der Waals surface area contributed by atoms with Crippen molar-refractivity contribution >= 4 is 29.1 Å². The quantitative estimate of drug-likeness (QED) is 0.461. The monoisotopic (exact) mass is 407 g/mol. The molecule has 2 heterocycles. The summed E-state index contributed by atoms with van der Waals surface area (Å²) in [7, 11) is 1.75. The first-order valence-corrected chi connectivity index (χ1v) is 10.4. The fourth-order valence-electron chi connectivity index (χ4n) is 3.29. The molecule has 0 saturated carbocycles. The summed E-state index contributed by atoms with van der Waals surface area (Å²) < 4.78 is 1.64. The van der Waals surface area contributed by atoms with Gasteiger partial charge < -0.3 is 4.90 Å². The van der Waals surface area contributed by atoms with Crippen molar-refractivity contribution in [2.45, 2.75) is 31.3 Å². The zero-order valence-electron chi connectivity index (χ0n) is 16.5. The number of likely N-dealkylation sites (N-methyl/N-ethyl adjacent to an activating group) is 1. The van der Waals surface area contributed by atoms with Crippen LogP contribution >= 0.6 is 11.8 Å². The Morgan fingerprint density at radius 2 is 1.93 bits per heavy atom. The van der Waals surface area contributed by atoms with Crippen molar-refractivity contribution in [2.75, 3.05) is 17.7 Å². The third-order valence-electron chi connectivity index (χ3n) is 5.06. The number of amides is 1. The fraction of sp³-hybridized carbons (Fsp3) is 0.286. The summed E-state index contributed by atoms with van der Waals surface area (Å²) in [6.07, 6.45) is 0.338. The average molecular weight is 407 g/mol. The van der Waals surface area contributed by atoms with Gasteiger partial charge >= 0.3 is 0 Å². The van der Waals surface area contributed by atoms with Gasteiger partial charge in [-0.2, -0.15) is 4.68 Å². The normalized spacial score (nSPS) is 13.2. The van der Waals surface area contributed by atoms with Crippen LogP contribution in [-0.2, 0) is 11.2 Å². The summed E-state index contributed by atoms with van der Waals surface area (Å²) in [6, 6.07) is 13.5. The molecule has 0 fully saturated rings. The summed E-state index contributed by atoms with van der Waals surface area (Å²) in [5.74, 6) is 0.686. The first kappa shape index (κ1) is 19.3. The lowest BCUT2D eigenvalue weighted by Gasteiger charge is -2.10. The molecule has 1 aliphatic heterocycles. The highest BCUT2D eigenvalue weighted by atomic mass is 32.2. The number of hydrogen-bond acceptors (Lipinski definition) is 6. The molecule has 0 radical (unpaired) electrons. The van der Waals surface area contributed by atoms with Crippen LogP contribution in [0.25, 0.3) is 5.69 Å². The molecular formula is C21H21N5O2S. The van der Waals surface area contributed by atoms with E-state index in [0.29, 0.717) is 23.1 Å². The second-order valence-corrected chi connectivity index (χ2v) is 8.25. The Bertz CT molecular complexity index is 1070. The number of tetrazole rings is 1. The Balaban J connectivity index is 1.47. The van der Waals surface area contributed by atoms with E-state index in [1.54, 1.807) is 22.7 Å². The molecule has 1 aliphatic rings. The highest BCUT2D eigenvalue weighted by Crippen LogP contribution is 2.29. The zero-order chi connectivity index (χ0) is 20.5. The van der Waals surface area contributed by atoms with Gasteiger partial charge in [0.05, 0.1) is 17.9 Å². The molecule has 0 bridgehead atoms. The van der Waals surface area contributed by atoms with Crippen molar-refractivity contribution in [3.8, 4) is 5.69 Å². The molecule has 1 amide bonds. The van der Waals surface area contributed by atoms with E-state index in [2.05, 4.69) is 41.5 Å². The van der Waals surface area contributed by atoms with E-state index in [0.717, 1.165) is 16.9 Å². The lowest BCUT2D eigenvalue weighted by atomic mass is 10.0. The van der Waals surface area contributed by atoms with Gasteiger partial charge in [0, 0.05) is 18.3 Å². The van der Waals surface area contributed by atoms with Crippen LogP contribution < -0.4 is 4.90 Å². The number of carbonyl (C=O) groups excluding carboxylic acids is 2. The van der Waals surface area contributed by atoms with Crippen LogP contribution in [0.5, 0.6) is 0 Å². The number of aromatic nitrogens is 4. The molecule has 8 heteroatoms. The maximum atomic E-state index is 12.7. The molecule has 2 aromatic carbocycles. The van der Waals surface area contributed by atoms with Gasteiger partial charge in [-0.3, -0.25) is 9.59 Å². The topological polar surface area (TPSA) is 81.0 Å². The lowest BCUT2D eigenvalue weighted by Crippen LogP contribution is -2.20. The Labute approximate surface area is 173 Å². The predicted octanol–water partition coefficient (Wildman–Crippen LogP) is 3.28. The third-order valence-corrected chi connectivity index (χ3v) is 5.98. The number of anilines is 1. The first-order valence-electron chi connectivity index (χ1n) is 9.38. The van der Waals surface area contributed by atoms with Crippen molar-refractivity contribution < 1.29 is 9.59 Å². The maximum absolute atomic E-state index is 12.7. The number of benzene rings is 2.